The van der Waals surface area contributed by atoms with Crippen molar-refractivity contribution in [2.24, 2.45) is 0 Å². The number of sulfonamides is 1. The molecule has 3 rings (SSSR count). The number of amides is 1. The molecule has 0 radical (unpaired) electrons. The van der Waals surface area contributed by atoms with Crippen LogP contribution in [-0.2, 0) is 14.8 Å². The van der Waals surface area contributed by atoms with E-state index in [0.717, 1.165) is 0 Å². The van der Waals surface area contributed by atoms with Gasteiger partial charge in [-0.05, 0) is 36.4 Å². The van der Waals surface area contributed by atoms with E-state index in [2.05, 4.69) is 5.32 Å². The van der Waals surface area contributed by atoms with E-state index in [1.54, 1.807) is 18.2 Å². The zero-order valence-corrected chi connectivity index (χ0v) is 15.3. The van der Waals surface area contributed by atoms with E-state index in [1.807, 2.05) is 18.2 Å². The molecular weight excluding hydrogens is 356 g/mol. The predicted octanol–water partition coefficient (Wildman–Crippen LogP) is 2.11. The molecule has 0 saturated heterocycles. The number of ether oxygens (including phenoxy) is 2. The summed E-state index contributed by atoms with van der Waals surface area (Å²) >= 11 is 0. The summed E-state index contributed by atoms with van der Waals surface area (Å²) in [6, 6.07) is 13.3. The molecule has 1 N–H and O–H groups in total. The van der Waals surface area contributed by atoms with E-state index in [0.29, 0.717) is 17.2 Å². The second-order valence-electron chi connectivity index (χ2n) is 5.99. The molecule has 0 aromatic heterocycles. The minimum absolute atomic E-state index is 0.145. The van der Waals surface area contributed by atoms with Gasteiger partial charge in [-0.1, -0.05) is 12.1 Å². The first-order valence-corrected chi connectivity index (χ1v) is 9.53. The molecule has 1 atom stereocenters. The number of hydrogen-bond acceptors (Lipinski definition) is 5. The number of rotatable bonds is 5. The van der Waals surface area contributed by atoms with Crippen LogP contribution in [-0.4, -0.2) is 44.9 Å². The number of benzene rings is 2. The Labute approximate surface area is 152 Å². The molecule has 0 aliphatic carbocycles. The summed E-state index contributed by atoms with van der Waals surface area (Å²) in [4.78, 5) is 11.2. The zero-order valence-electron chi connectivity index (χ0n) is 14.5. The van der Waals surface area contributed by atoms with E-state index in [1.165, 1.54) is 30.4 Å². The van der Waals surface area contributed by atoms with E-state index in [4.69, 9.17) is 9.47 Å². The summed E-state index contributed by atoms with van der Waals surface area (Å²) in [5.41, 5.74) is 0.541. The highest BCUT2D eigenvalue weighted by Gasteiger charge is 2.28. The van der Waals surface area contributed by atoms with Gasteiger partial charge in [-0.15, -0.1) is 0 Å². The fourth-order valence-electron chi connectivity index (χ4n) is 2.63. The quantitative estimate of drug-likeness (QED) is 0.864. The number of nitrogens with one attached hydrogen (secondary N) is 1. The van der Waals surface area contributed by atoms with E-state index in [9.17, 15) is 13.2 Å². The standard InChI is InChI=1S/C18H20N2O5S/c1-13(21)19-14-7-9-16(10-8-14)26(22,23)20(2)11-15-12-24-17-5-3-4-6-18(17)25-15/h3-10,15H,11-12H2,1-2H3,(H,19,21). The average Bonchev–Trinajstić information content (AvgIpc) is 2.61. The number of carbonyl (C=O) groups excluding carboxylic acids is 1. The molecule has 1 unspecified atom stereocenters. The molecule has 1 amide bonds. The van der Waals surface area contributed by atoms with Crippen LogP contribution in [0, 0.1) is 0 Å². The highest BCUT2D eigenvalue weighted by Crippen LogP contribution is 2.31. The number of carbonyl (C=O) groups is 1. The van der Waals surface area contributed by atoms with Gasteiger partial charge in [0.25, 0.3) is 0 Å². The predicted molar refractivity (Wildman–Crippen MR) is 96.9 cm³/mol. The lowest BCUT2D eigenvalue weighted by atomic mass is 10.2. The smallest absolute Gasteiger partial charge is 0.242 e. The first-order chi connectivity index (χ1) is 12.4. The topological polar surface area (TPSA) is 84.9 Å². The number of para-hydroxylation sites is 2. The zero-order chi connectivity index (χ0) is 18.7. The van der Waals surface area contributed by atoms with E-state index in [-0.39, 0.29) is 24.0 Å². The lowest BCUT2D eigenvalue weighted by Crippen LogP contribution is -2.41. The van der Waals surface area contributed by atoms with Crippen LogP contribution in [0.3, 0.4) is 0 Å². The molecule has 1 heterocycles. The Kier molecular flexibility index (Phi) is 5.15. The van der Waals surface area contributed by atoms with Gasteiger partial charge in [0, 0.05) is 19.7 Å². The van der Waals surface area contributed by atoms with E-state index < -0.39 is 16.1 Å². The van der Waals surface area contributed by atoms with Gasteiger partial charge in [-0.2, -0.15) is 4.31 Å². The third-order valence-corrected chi connectivity index (χ3v) is 5.75. The maximum atomic E-state index is 12.7. The maximum Gasteiger partial charge on any atom is 0.242 e. The van der Waals surface area contributed by atoms with Crippen LogP contribution >= 0.6 is 0 Å². The molecule has 2 aromatic rings. The minimum atomic E-state index is -3.68. The van der Waals surface area contributed by atoms with Crippen molar-refractivity contribution in [3.63, 3.8) is 0 Å². The van der Waals surface area contributed by atoms with Crippen molar-refractivity contribution in [1.82, 2.24) is 4.31 Å². The molecule has 0 fully saturated rings. The summed E-state index contributed by atoms with van der Waals surface area (Å²) in [6.45, 7) is 1.82. The number of hydrogen-bond donors (Lipinski definition) is 1. The third-order valence-electron chi connectivity index (χ3n) is 3.91. The Bertz CT molecular complexity index is 896. The van der Waals surface area contributed by atoms with Crippen molar-refractivity contribution in [1.29, 1.82) is 0 Å². The Morgan fingerprint density at radius 2 is 1.81 bits per heavy atom. The second kappa shape index (κ2) is 7.35. The first kappa shape index (κ1) is 18.2. The number of fused-ring (bicyclic) bond motifs is 1. The minimum Gasteiger partial charge on any atom is -0.486 e. The van der Waals surface area contributed by atoms with Crippen molar-refractivity contribution >= 4 is 21.6 Å². The summed E-state index contributed by atoms with van der Waals surface area (Å²) in [5, 5.41) is 2.60. The molecular formula is C18H20N2O5S. The molecule has 7 nitrogen and oxygen atoms in total. The molecule has 26 heavy (non-hydrogen) atoms. The fourth-order valence-corrected chi connectivity index (χ4v) is 3.83. The summed E-state index contributed by atoms with van der Waals surface area (Å²) in [5.74, 6) is 1.05. The fraction of sp³-hybridized carbons (Fsp3) is 0.278. The van der Waals surface area contributed by atoms with Crippen molar-refractivity contribution in [3.8, 4) is 11.5 Å². The number of nitrogens with zero attached hydrogens (tertiary/aromatic N) is 1. The molecule has 138 valence electrons. The Hall–Kier alpha value is -2.58. The van der Waals surface area contributed by atoms with Crippen LogP contribution in [0.25, 0.3) is 0 Å². The summed E-state index contributed by atoms with van der Waals surface area (Å²) in [6.07, 6.45) is -0.400. The highest BCUT2D eigenvalue weighted by molar-refractivity contribution is 7.89. The molecule has 1 aliphatic rings. The normalized spacial score (nSPS) is 16.3. The van der Waals surface area contributed by atoms with Gasteiger partial charge in [0.15, 0.2) is 11.5 Å². The van der Waals surface area contributed by atoms with Gasteiger partial charge in [0.2, 0.25) is 15.9 Å². The average molecular weight is 376 g/mol. The molecule has 1 aliphatic heterocycles. The lowest BCUT2D eigenvalue weighted by Gasteiger charge is -2.29. The first-order valence-electron chi connectivity index (χ1n) is 8.09. The Morgan fingerprint density at radius 1 is 1.15 bits per heavy atom. The van der Waals surface area contributed by atoms with Crippen LogP contribution in [0.1, 0.15) is 6.92 Å². The monoisotopic (exact) mass is 376 g/mol. The SMILES string of the molecule is CC(=O)Nc1ccc(S(=O)(=O)N(C)CC2COc3ccccc3O2)cc1. The summed E-state index contributed by atoms with van der Waals surface area (Å²) < 4.78 is 38.1. The largest absolute Gasteiger partial charge is 0.486 e. The van der Waals surface area contributed by atoms with Gasteiger partial charge >= 0.3 is 0 Å². The maximum absolute atomic E-state index is 12.7. The van der Waals surface area contributed by atoms with Crippen LogP contribution in [0.2, 0.25) is 0 Å². The molecule has 2 aromatic carbocycles. The second-order valence-corrected chi connectivity index (χ2v) is 8.03. The van der Waals surface area contributed by atoms with Gasteiger partial charge < -0.3 is 14.8 Å². The van der Waals surface area contributed by atoms with Crippen LogP contribution in [0.4, 0.5) is 5.69 Å². The van der Waals surface area contributed by atoms with E-state index >= 15 is 0 Å². The highest BCUT2D eigenvalue weighted by atomic mass is 32.2. The number of likely N-dealkylation sites (N-methyl/N-ethyl adjacent to an activating group) is 1. The lowest BCUT2D eigenvalue weighted by molar-refractivity contribution is -0.114. The van der Waals surface area contributed by atoms with Gasteiger partial charge in [-0.25, -0.2) is 8.42 Å². The third kappa shape index (κ3) is 3.97. The van der Waals surface area contributed by atoms with Crippen molar-refractivity contribution in [2.75, 3.05) is 25.5 Å². The Morgan fingerprint density at radius 3 is 2.46 bits per heavy atom. The molecule has 8 heteroatoms. The molecule has 0 bridgehead atoms. The molecule has 0 saturated carbocycles. The van der Waals surface area contributed by atoms with Crippen molar-refractivity contribution in [3.05, 3.63) is 48.5 Å². The van der Waals surface area contributed by atoms with Crippen molar-refractivity contribution in [2.45, 2.75) is 17.9 Å². The van der Waals surface area contributed by atoms with Crippen LogP contribution < -0.4 is 14.8 Å². The van der Waals surface area contributed by atoms with Gasteiger partial charge in [-0.3, -0.25) is 4.79 Å². The summed E-state index contributed by atoms with van der Waals surface area (Å²) in [7, 11) is -2.17. The van der Waals surface area contributed by atoms with Gasteiger partial charge in [0.05, 0.1) is 11.4 Å². The number of anilines is 1. The molecule has 0 spiro atoms. The van der Waals surface area contributed by atoms with Gasteiger partial charge in [0.1, 0.15) is 12.7 Å². The van der Waals surface area contributed by atoms with Crippen molar-refractivity contribution < 1.29 is 22.7 Å². The van der Waals surface area contributed by atoms with Crippen LogP contribution in [0.5, 0.6) is 11.5 Å². The Balaban J connectivity index is 1.69. The van der Waals surface area contributed by atoms with Crippen LogP contribution in [0.15, 0.2) is 53.4 Å².